The summed E-state index contributed by atoms with van der Waals surface area (Å²) < 4.78 is 15.0. The van der Waals surface area contributed by atoms with Gasteiger partial charge in [-0.2, -0.15) is 0 Å². The van der Waals surface area contributed by atoms with E-state index in [0.717, 1.165) is 28.1 Å². The van der Waals surface area contributed by atoms with E-state index in [-0.39, 0.29) is 22.5 Å². The molecule has 1 saturated heterocycles. The van der Waals surface area contributed by atoms with Crippen LogP contribution in [-0.2, 0) is 4.79 Å². The summed E-state index contributed by atoms with van der Waals surface area (Å²) in [4.78, 5) is 19.2. The molecule has 1 atom stereocenters. The molecule has 3 aromatic rings. The number of benzene rings is 2. The largest absolute Gasteiger partial charge is 0.330 e. The van der Waals surface area contributed by atoms with E-state index in [4.69, 9.17) is 16.6 Å². The van der Waals surface area contributed by atoms with E-state index in [9.17, 15) is 9.18 Å². The Hall–Kier alpha value is -2.24. The first-order chi connectivity index (χ1) is 12.6. The molecule has 0 radical (unpaired) electrons. The van der Waals surface area contributed by atoms with Crippen LogP contribution in [-0.4, -0.2) is 22.3 Å². The summed E-state index contributed by atoms with van der Waals surface area (Å²) in [5, 5.41) is 1.24. The Kier molecular flexibility index (Phi) is 4.74. The average molecular weight is 387 g/mol. The van der Waals surface area contributed by atoms with Crippen LogP contribution in [0.25, 0.3) is 16.3 Å². The topological polar surface area (TPSA) is 33.2 Å². The maximum Gasteiger partial charge on any atom is 0.247 e. The number of rotatable bonds is 3. The summed E-state index contributed by atoms with van der Waals surface area (Å²) in [6.07, 6.45) is 4.67. The number of likely N-dealkylation sites (tertiary alicyclic amines) is 1. The van der Waals surface area contributed by atoms with E-state index in [1.165, 1.54) is 18.2 Å². The Bertz CT molecular complexity index is 947. The summed E-state index contributed by atoms with van der Waals surface area (Å²) in [7, 11) is 0. The van der Waals surface area contributed by atoms with Crippen molar-refractivity contribution >= 4 is 45.1 Å². The zero-order chi connectivity index (χ0) is 18.1. The van der Waals surface area contributed by atoms with Gasteiger partial charge in [-0.1, -0.05) is 29.8 Å². The predicted molar refractivity (Wildman–Crippen MR) is 104 cm³/mol. The third-order valence-electron chi connectivity index (χ3n) is 4.52. The summed E-state index contributed by atoms with van der Waals surface area (Å²) in [5.74, 6) is -0.586. The van der Waals surface area contributed by atoms with Crippen molar-refractivity contribution in [1.82, 2.24) is 9.88 Å². The molecule has 0 spiro atoms. The second kappa shape index (κ2) is 7.17. The van der Waals surface area contributed by atoms with Gasteiger partial charge >= 0.3 is 0 Å². The van der Waals surface area contributed by atoms with Crippen molar-refractivity contribution in [3.05, 3.63) is 70.0 Å². The maximum absolute atomic E-state index is 13.9. The SMILES string of the molecule is O=C(C=Cc1c(F)cccc1Cl)N1CCCC1c1nc2ccccc2s1. The number of fused-ring (bicyclic) bond motifs is 1. The lowest BCUT2D eigenvalue weighted by atomic mass is 10.2. The van der Waals surface area contributed by atoms with Gasteiger partial charge in [0.25, 0.3) is 0 Å². The first kappa shape index (κ1) is 17.2. The zero-order valence-electron chi connectivity index (χ0n) is 13.9. The molecule has 2 aromatic carbocycles. The fraction of sp³-hybridized carbons (Fsp3) is 0.200. The first-order valence-corrected chi connectivity index (χ1v) is 9.61. The molecule has 4 rings (SSSR count). The Morgan fingerprint density at radius 1 is 1.27 bits per heavy atom. The van der Waals surface area contributed by atoms with Crippen molar-refractivity contribution in [2.24, 2.45) is 0 Å². The number of carbonyl (C=O) groups excluding carboxylic acids is 1. The number of carbonyl (C=O) groups is 1. The van der Waals surface area contributed by atoms with Gasteiger partial charge in [0.2, 0.25) is 5.91 Å². The van der Waals surface area contributed by atoms with E-state index in [1.807, 2.05) is 29.2 Å². The number of hydrogen-bond acceptors (Lipinski definition) is 3. The van der Waals surface area contributed by atoms with Gasteiger partial charge in [0.05, 0.1) is 21.3 Å². The molecule has 1 aromatic heterocycles. The minimum absolute atomic E-state index is 0.0272. The fourth-order valence-corrected chi connectivity index (χ4v) is 4.58. The summed E-state index contributed by atoms with van der Waals surface area (Å²) in [5.41, 5.74) is 1.19. The van der Waals surface area contributed by atoms with Crippen LogP contribution in [0.4, 0.5) is 4.39 Å². The molecule has 132 valence electrons. The van der Waals surface area contributed by atoms with Crippen LogP contribution in [0.5, 0.6) is 0 Å². The first-order valence-electron chi connectivity index (χ1n) is 8.41. The van der Waals surface area contributed by atoms with Gasteiger partial charge in [0, 0.05) is 18.2 Å². The van der Waals surface area contributed by atoms with Gasteiger partial charge in [-0.05, 0) is 43.2 Å². The summed E-state index contributed by atoms with van der Waals surface area (Å²) >= 11 is 7.64. The molecule has 0 saturated carbocycles. The molecule has 1 unspecified atom stereocenters. The normalized spacial score (nSPS) is 17.5. The number of para-hydroxylation sites is 1. The highest BCUT2D eigenvalue weighted by Crippen LogP contribution is 2.36. The van der Waals surface area contributed by atoms with Crippen molar-refractivity contribution in [1.29, 1.82) is 0 Å². The molecule has 1 aliphatic rings. The minimum atomic E-state index is -0.439. The average Bonchev–Trinajstić information content (AvgIpc) is 3.27. The Balaban J connectivity index is 1.58. The van der Waals surface area contributed by atoms with Crippen molar-refractivity contribution in [2.75, 3.05) is 6.54 Å². The fourth-order valence-electron chi connectivity index (χ4n) is 3.24. The van der Waals surface area contributed by atoms with E-state index >= 15 is 0 Å². The molecule has 26 heavy (non-hydrogen) atoms. The molecule has 3 nitrogen and oxygen atoms in total. The summed E-state index contributed by atoms with van der Waals surface area (Å²) in [6, 6.07) is 12.4. The molecule has 6 heteroatoms. The van der Waals surface area contributed by atoms with E-state index in [0.29, 0.717) is 6.54 Å². The third kappa shape index (κ3) is 3.24. The number of nitrogens with zero attached hydrogens (tertiary/aromatic N) is 2. The molecule has 1 amide bonds. The van der Waals surface area contributed by atoms with Gasteiger partial charge in [-0.3, -0.25) is 4.79 Å². The molecule has 2 heterocycles. The van der Waals surface area contributed by atoms with Crippen molar-refractivity contribution < 1.29 is 9.18 Å². The van der Waals surface area contributed by atoms with Gasteiger partial charge in [0.15, 0.2) is 0 Å². The van der Waals surface area contributed by atoms with Crippen LogP contribution in [0.3, 0.4) is 0 Å². The quantitative estimate of drug-likeness (QED) is 0.559. The van der Waals surface area contributed by atoms with Crippen molar-refractivity contribution in [3.8, 4) is 0 Å². The lowest BCUT2D eigenvalue weighted by Crippen LogP contribution is -2.28. The number of hydrogen-bond donors (Lipinski definition) is 0. The monoisotopic (exact) mass is 386 g/mol. The standard InChI is InChI=1S/C20H16ClFN2OS/c21-14-5-3-6-15(22)13(14)10-11-19(25)24-12-4-8-17(24)20-23-16-7-1-2-9-18(16)26-20/h1-3,5-7,9-11,17H,4,8,12H2. The maximum atomic E-state index is 13.9. The Morgan fingerprint density at radius 2 is 2.12 bits per heavy atom. The highest BCUT2D eigenvalue weighted by atomic mass is 35.5. The van der Waals surface area contributed by atoms with Crippen molar-refractivity contribution in [3.63, 3.8) is 0 Å². The number of halogens is 2. The van der Waals surface area contributed by atoms with E-state index in [2.05, 4.69) is 0 Å². The Labute approximate surface area is 159 Å². The highest BCUT2D eigenvalue weighted by molar-refractivity contribution is 7.18. The zero-order valence-corrected chi connectivity index (χ0v) is 15.4. The molecule has 0 bridgehead atoms. The second-order valence-electron chi connectivity index (χ2n) is 6.18. The van der Waals surface area contributed by atoms with E-state index < -0.39 is 5.82 Å². The highest BCUT2D eigenvalue weighted by Gasteiger charge is 2.31. The Morgan fingerprint density at radius 3 is 2.92 bits per heavy atom. The molecular formula is C20H16ClFN2OS. The second-order valence-corrected chi connectivity index (χ2v) is 7.65. The van der Waals surface area contributed by atoms with Gasteiger partial charge in [-0.15, -0.1) is 11.3 Å². The number of thiazole rings is 1. The minimum Gasteiger partial charge on any atom is -0.330 e. The van der Waals surface area contributed by atoms with Crippen LogP contribution < -0.4 is 0 Å². The molecule has 1 fully saturated rings. The lowest BCUT2D eigenvalue weighted by molar-refractivity contribution is -0.126. The molecule has 0 N–H and O–H groups in total. The molecular weight excluding hydrogens is 371 g/mol. The predicted octanol–water partition coefficient (Wildman–Crippen LogP) is 5.47. The lowest BCUT2D eigenvalue weighted by Gasteiger charge is -2.21. The van der Waals surface area contributed by atoms with Crippen LogP contribution in [0.2, 0.25) is 5.02 Å². The number of aromatic nitrogens is 1. The third-order valence-corrected chi connectivity index (χ3v) is 5.99. The smallest absolute Gasteiger partial charge is 0.247 e. The van der Waals surface area contributed by atoms with E-state index in [1.54, 1.807) is 23.5 Å². The van der Waals surface area contributed by atoms with Crippen LogP contribution in [0.1, 0.15) is 29.5 Å². The van der Waals surface area contributed by atoms with Crippen LogP contribution in [0.15, 0.2) is 48.5 Å². The molecule has 1 aliphatic heterocycles. The van der Waals surface area contributed by atoms with Gasteiger partial charge in [0.1, 0.15) is 10.8 Å². The van der Waals surface area contributed by atoms with Crippen molar-refractivity contribution in [2.45, 2.75) is 18.9 Å². The van der Waals surface area contributed by atoms with Gasteiger partial charge in [-0.25, -0.2) is 9.37 Å². The number of amides is 1. The van der Waals surface area contributed by atoms with Crippen LogP contribution >= 0.6 is 22.9 Å². The molecule has 0 aliphatic carbocycles. The van der Waals surface area contributed by atoms with Crippen LogP contribution in [0, 0.1) is 5.82 Å². The summed E-state index contributed by atoms with van der Waals surface area (Å²) in [6.45, 7) is 0.675. The van der Waals surface area contributed by atoms with Gasteiger partial charge < -0.3 is 4.90 Å².